The molecule has 0 atom stereocenters. The standard InChI is InChI=1S/C24H34N4O3S/c1-4-5-12-26(3)22(29)17-10-14-27(15-11-17)24(31)20-16(2)19-21(32-20)25-18-9-7-6-8-13-28(18)23(19)30/h17H,4-15H2,1-3H3. The van der Waals surface area contributed by atoms with Gasteiger partial charge in [0.05, 0.1) is 10.3 Å². The molecule has 0 saturated carbocycles. The Balaban J connectivity index is 1.50. The summed E-state index contributed by atoms with van der Waals surface area (Å²) in [6, 6.07) is 0. The van der Waals surface area contributed by atoms with Gasteiger partial charge in [-0.2, -0.15) is 0 Å². The highest BCUT2D eigenvalue weighted by atomic mass is 32.1. The third-order valence-electron chi connectivity index (χ3n) is 6.96. The molecule has 1 fully saturated rings. The Hall–Kier alpha value is -2.22. The first-order valence-corrected chi connectivity index (χ1v) is 12.8. The van der Waals surface area contributed by atoms with E-state index in [4.69, 9.17) is 4.98 Å². The molecule has 4 heterocycles. The van der Waals surface area contributed by atoms with Gasteiger partial charge in [-0.25, -0.2) is 4.98 Å². The molecule has 0 radical (unpaired) electrons. The van der Waals surface area contributed by atoms with Gasteiger partial charge in [0, 0.05) is 45.6 Å². The van der Waals surface area contributed by atoms with Gasteiger partial charge in [-0.1, -0.05) is 19.8 Å². The minimum Gasteiger partial charge on any atom is -0.346 e. The molecule has 0 unspecified atom stereocenters. The molecule has 2 aliphatic rings. The minimum absolute atomic E-state index is 0.000814. The van der Waals surface area contributed by atoms with Gasteiger partial charge in [0.25, 0.3) is 11.5 Å². The van der Waals surface area contributed by atoms with Crippen LogP contribution in [0.25, 0.3) is 10.2 Å². The van der Waals surface area contributed by atoms with E-state index >= 15 is 0 Å². The van der Waals surface area contributed by atoms with Crippen molar-refractivity contribution in [3.8, 4) is 0 Å². The van der Waals surface area contributed by atoms with Crippen LogP contribution in [0.1, 0.15) is 72.9 Å². The number of likely N-dealkylation sites (tertiary alicyclic amines) is 1. The lowest BCUT2D eigenvalue weighted by Crippen LogP contribution is -2.43. The van der Waals surface area contributed by atoms with Gasteiger partial charge in [-0.05, 0) is 44.6 Å². The Morgan fingerprint density at radius 2 is 1.91 bits per heavy atom. The molecule has 0 N–H and O–H groups in total. The van der Waals surface area contributed by atoms with Crippen LogP contribution in [0.4, 0.5) is 0 Å². The summed E-state index contributed by atoms with van der Waals surface area (Å²) >= 11 is 1.35. The van der Waals surface area contributed by atoms with Crippen molar-refractivity contribution in [3.05, 3.63) is 26.6 Å². The highest BCUT2D eigenvalue weighted by Crippen LogP contribution is 2.31. The molecule has 2 aromatic rings. The van der Waals surface area contributed by atoms with Crippen LogP contribution in [-0.4, -0.2) is 57.8 Å². The van der Waals surface area contributed by atoms with Crippen LogP contribution >= 0.6 is 11.3 Å². The second kappa shape index (κ2) is 9.73. The molecule has 2 aromatic heterocycles. The van der Waals surface area contributed by atoms with Crippen molar-refractivity contribution in [2.45, 2.75) is 71.8 Å². The number of carbonyl (C=O) groups is 2. The van der Waals surface area contributed by atoms with Crippen LogP contribution in [-0.2, 0) is 17.8 Å². The number of amides is 2. The van der Waals surface area contributed by atoms with Gasteiger partial charge in [0.2, 0.25) is 5.91 Å². The van der Waals surface area contributed by atoms with E-state index in [1.54, 1.807) is 0 Å². The number of aryl methyl sites for hydroxylation is 2. The molecular formula is C24H34N4O3S. The molecule has 2 aliphatic heterocycles. The number of aromatic nitrogens is 2. The molecule has 1 saturated heterocycles. The van der Waals surface area contributed by atoms with Gasteiger partial charge in [0.1, 0.15) is 10.7 Å². The molecule has 8 heteroatoms. The van der Waals surface area contributed by atoms with Gasteiger partial charge in [-0.15, -0.1) is 11.3 Å². The number of unbranched alkanes of at least 4 members (excludes halogenated alkanes) is 1. The molecule has 4 rings (SSSR count). The molecule has 32 heavy (non-hydrogen) atoms. The first-order chi connectivity index (χ1) is 15.4. The first kappa shape index (κ1) is 23.0. The van der Waals surface area contributed by atoms with Crippen molar-refractivity contribution in [2.75, 3.05) is 26.7 Å². The molecule has 174 valence electrons. The zero-order chi connectivity index (χ0) is 22.8. The van der Waals surface area contributed by atoms with Gasteiger partial charge >= 0.3 is 0 Å². The number of hydrogen-bond acceptors (Lipinski definition) is 5. The fraction of sp³-hybridized carbons (Fsp3) is 0.667. The van der Waals surface area contributed by atoms with E-state index in [9.17, 15) is 14.4 Å². The maximum atomic E-state index is 13.3. The third-order valence-corrected chi connectivity index (χ3v) is 8.13. The zero-order valence-electron chi connectivity index (χ0n) is 19.5. The van der Waals surface area contributed by atoms with Crippen LogP contribution < -0.4 is 5.56 Å². The van der Waals surface area contributed by atoms with Gasteiger partial charge in [0.15, 0.2) is 0 Å². The summed E-state index contributed by atoms with van der Waals surface area (Å²) < 4.78 is 1.81. The molecule has 0 spiro atoms. The molecule has 2 amide bonds. The summed E-state index contributed by atoms with van der Waals surface area (Å²) in [6.45, 7) is 6.66. The number of rotatable bonds is 5. The fourth-order valence-corrected chi connectivity index (χ4v) is 6.06. The highest BCUT2D eigenvalue weighted by molar-refractivity contribution is 7.20. The largest absolute Gasteiger partial charge is 0.346 e. The summed E-state index contributed by atoms with van der Waals surface area (Å²) in [4.78, 5) is 49.0. The van der Waals surface area contributed by atoms with E-state index in [0.29, 0.717) is 47.6 Å². The Morgan fingerprint density at radius 1 is 1.16 bits per heavy atom. The molecular weight excluding hydrogens is 424 g/mol. The van der Waals surface area contributed by atoms with Crippen molar-refractivity contribution in [3.63, 3.8) is 0 Å². The lowest BCUT2D eigenvalue weighted by atomic mass is 9.95. The molecule has 0 aliphatic carbocycles. The topological polar surface area (TPSA) is 75.5 Å². The number of thiophene rings is 1. The van der Waals surface area contributed by atoms with Crippen LogP contribution in [0.5, 0.6) is 0 Å². The van der Waals surface area contributed by atoms with Crippen LogP contribution in [0.15, 0.2) is 4.79 Å². The van der Waals surface area contributed by atoms with Crippen LogP contribution in [0.2, 0.25) is 0 Å². The SMILES string of the molecule is CCCCN(C)C(=O)C1CCN(C(=O)c2sc3nc4n(c(=O)c3c2C)CCCCC4)CC1. The summed E-state index contributed by atoms with van der Waals surface area (Å²) in [5.74, 6) is 1.01. The Kier molecular flexibility index (Phi) is 6.98. The Bertz CT molecular complexity index is 1070. The van der Waals surface area contributed by atoms with E-state index in [1.165, 1.54) is 11.3 Å². The summed E-state index contributed by atoms with van der Waals surface area (Å²) in [5.41, 5.74) is 0.753. The third kappa shape index (κ3) is 4.34. The normalized spacial score (nSPS) is 17.3. The molecule has 7 nitrogen and oxygen atoms in total. The summed E-state index contributed by atoms with van der Waals surface area (Å²) in [7, 11) is 1.88. The van der Waals surface area contributed by atoms with Crippen molar-refractivity contribution in [2.24, 2.45) is 5.92 Å². The minimum atomic E-state index is -0.0321. The smallest absolute Gasteiger partial charge is 0.264 e. The average Bonchev–Trinajstić information content (AvgIpc) is 2.97. The fourth-order valence-electron chi connectivity index (χ4n) is 4.90. The van der Waals surface area contributed by atoms with E-state index < -0.39 is 0 Å². The summed E-state index contributed by atoms with van der Waals surface area (Å²) in [6.07, 6.45) is 7.46. The first-order valence-electron chi connectivity index (χ1n) is 12.0. The Labute approximate surface area is 193 Å². The quantitative estimate of drug-likeness (QED) is 0.686. The monoisotopic (exact) mass is 458 g/mol. The number of fused-ring (bicyclic) bond motifs is 2. The van der Waals surface area contributed by atoms with Crippen molar-refractivity contribution >= 4 is 33.4 Å². The predicted octanol–water partition coefficient (Wildman–Crippen LogP) is 3.60. The predicted molar refractivity (Wildman–Crippen MR) is 127 cm³/mol. The second-order valence-electron chi connectivity index (χ2n) is 9.21. The van der Waals surface area contributed by atoms with E-state index in [2.05, 4.69) is 6.92 Å². The van der Waals surface area contributed by atoms with Crippen LogP contribution in [0.3, 0.4) is 0 Å². The Morgan fingerprint density at radius 3 is 2.62 bits per heavy atom. The van der Waals surface area contributed by atoms with Crippen LogP contribution in [0, 0.1) is 12.8 Å². The average molecular weight is 459 g/mol. The highest BCUT2D eigenvalue weighted by Gasteiger charge is 2.31. The lowest BCUT2D eigenvalue weighted by Gasteiger charge is -2.33. The second-order valence-corrected chi connectivity index (χ2v) is 10.2. The zero-order valence-corrected chi connectivity index (χ0v) is 20.3. The van der Waals surface area contributed by atoms with Gasteiger partial charge < -0.3 is 9.80 Å². The van der Waals surface area contributed by atoms with Gasteiger partial charge in [-0.3, -0.25) is 19.0 Å². The molecule has 0 aromatic carbocycles. The van der Waals surface area contributed by atoms with Crippen molar-refractivity contribution in [1.82, 2.24) is 19.4 Å². The maximum absolute atomic E-state index is 13.3. The van der Waals surface area contributed by atoms with Crippen molar-refractivity contribution in [1.29, 1.82) is 0 Å². The lowest BCUT2D eigenvalue weighted by molar-refractivity contribution is -0.135. The maximum Gasteiger partial charge on any atom is 0.264 e. The van der Waals surface area contributed by atoms with E-state index in [0.717, 1.165) is 56.5 Å². The number of piperidine rings is 1. The summed E-state index contributed by atoms with van der Waals surface area (Å²) in [5, 5.41) is 0.603. The van der Waals surface area contributed by atoms with Crippen molar-refractivity contribution < 1.29 is 9.59 Å². The molecule has 0 bridgehead atoms. The number of carbonyl (C=O) groups excluding carboxylic acids is 2. The van der Waals surface area contributed by atoms with E-state index in [1.807, 2.05) is 28.3 Å². The number of hydrogen-bond donors (Lipinski definition) is 0. The van der Waals surface area contributed by atoms with E-state index in [-0.39, 0.29) is 23.3 Å². The number of nitrogens with zero attached hydrogens (tertiary/aromatic N) is 4.